The predicted octanol–water partition coefficient (Wildman–Crippen LogP) is 3.96. The third kappa shape index (κ3) is 2.38. The van der Waals surface area contributed by atoms with Gasteiger partial charge in [0, 0.05) is 29.3 Å². The molecular formula is C17H16ClN3O. The molecule has 1 saturated heterocycles. The molecule has 3 heterocycles. The minimum atomic E-state index is 0.327. The van der Waals surface area contributed by atoms with Crippen LogP contribution in [0.1, 0.15) is 13.0 Å². The van der Waals surface area contributed by atoms with Crippen LogP contribution in [0.15, 0.2) is 42.9 Å². The summed E-state index contributed by atoms with van der Waals surface area (Å²) < 4.78 is 7.55. The SMILES string of the molecule is CC1COCC1n1cc(-c2ccc3cnc(Cl)cc3c2)cn1. The zero-order valence-corrected chi connectivity index (χ0v) is 13.0. The summed E-state index contributed by atoms with van der Waals surface area (Å²) in [7, 11) is 0. The van der Waals surface area contributed by atoms with Gasteiger partial charge in [-0.15, -0.1) is 0 Å². The van der Waals surface area contributed by atoms with E-state index >= 15 is 0 Å². The Kier molecular flexibility index (Phi) is 3.36. The van der Waals surface area contributed by atoms with Gasteiger partial charge in [0.2, 0.25) is 0 Å². The maximum atomic E-state index is 5.98. The first-order valence-corrected chi connectivity index (χ1v) is 7.76. The lowest BCUT2D eigenvalue weighted by Crippen LogP contribution is -2.15. The van der Waals surface area contributed by atoms with E-state index in [2.05, 4.69) is 41.4 Å². The van der Waals surface area contributed by atoms with Crippen LogP contribution in [-0.2, 0) is 4.74 Å². The van der Waals surface area contributed by atoms with Crippen molar-refractivity contribution in [3.05, 3.63) is 48.0 Å². The first-order valence-electron chi connectivity index (χ1n) is 7.38. The van der Waals surface area contributed by atoms with E-state index in [-0.39, 0.29) is 0 Å². The number of hydrogen-bond donors (Lipinski definition) is 0. The normalized spacial score (nSPS) is 21.5. The molecule has 1 aliphatic rings. The first kappa shape index (κ1) is 13.7. The van der Waals surface area contributed by atoms with E-state index in [1.807, 2.05) is 16.9 Å². The van der Waals surface area contributed by atoms with Crippen molar-refractivity contribution in [3.8, 4) is 11.1 Å². The summed E-state index contributed by atoms with van der Waals surface area (Å²) in [5.41, 5.74) is 2.24. The van der Waals surface area contributed by atoms with Gasteiger partial charge in [-0.25, -0.2) is 4.98 Å². The van der Waals surface area contributed by atoms with Crippen molar-refractivity contribution < 1.29 is 4.74 Å². The second-order valence-electron chi connectivity index (χ2n) is 5.86. The largest absolute Gasteiger partial charge is 0.379 e. The number of nitrogens with zero attached hydrogens (tertiary/aromatic N) is 3. The van der Waals surface area contributed by atoms with Crippen LogP contribution in [0, 0.1) is 5.92 Å². The van der Waals surface area contributed by atoms with Gasteiger partial charge in [-0.3, -0.25) is 4.68 Å². The smallest absolute Gasteiger partial charge is 0.129 e. The quantitative estimate of drug-likeness (QED) is 0.672. The maximum Gasteiger partial charge on any atom is 0.129 e. The van der Waals surface area contributed by atoms with Crippen molar-refractivity contribution in [3.63, 3.8) is 0 Å². The number of hydrogen-bond acceptors (Lipinski definition) is 3. The average Bonchev–Trinajstić information content (AvgIpc) is 3.15. The summed E-state index contributed by atoms with van der Waals surface area (Å²) in [4.78, 5) is 4.11. The number of halogens is 1. The highest BCUT2D eigenvalue weighted by Gasteiger charge is 2.26. The Morgan fingerprint density at radius 1 is 1.14 bits per heavy atom. The lowest BCUT2D eigenvalue weighted by molar-refractivity contribution is 0.181. The van der Waals surface area contributed by atoms with Crippen molar-refractivity contribution in [1.82, 2.24) is 14.8 Å². The van der Waals surface area contributed by atoms with Crippen LogP contribution in [0.4, 0.5) is 0 Å². The molecule has 1 aliphatic heterocycles. The van der Waals surface area contributed by atoms with Crippen molar-refractivity contribution >= 4 is 22.4 Å². The molecule has 3 aromatic rings. The molecule has 4 rings (SSSR count). The number of rotatable bonds is 2. The van der Waals surface area contributed by atoms with Gasteiger partial charge < -0.3 is 4.74 Å². The Balaban J connectivity index is 1.71. The fourth-order valence-electron chi connectivity index (χ4n) is 2.95. The molecule has 1 fully saturated rings. The van der Waals surface area contributed by atoms with Gasteiger partial charge >= 0.3 is 0 Å². The Hall–Kier alpha value is -1.91. The number of benzene rings is 1. The fourth-order valence-corrected chi connectivity index (χ4v) is 3.12. The van der Waals surface area contributed by atoms with Crippen LogP contribution in [0.5, 0.6) is 0 Å². The standard InChI is InChI=1S/C17H16ClN3O/c1-11-9-22-10-16(11)21-8-15(7-20-21)12-2-3-13-6-19-17(18)5-14(13)4-12/h2-8,11,16H,9-10H2,1H3. The van der Waals surface area contributed by atoms with E-state index in [9.17, 15) is 0 Å². The molecule has 5 heteroatoms. The summed E-state index contributed by atoms with van der Waals surface area (Å²) in [6.45, 7) is 3.74. The van der Waals surface area contributed by atoms with Crippen LogP contribution in [0.25, 0.3) is 21.9 Å². The summed E-state index contributed by atoms with van der Waals surface area (Å²) in [5.74, 6) is 0.495. The van der Waals surface area contributed by atoms with Gasteiger partial charge in [0.25, 0.3) is 0 Å². The van der Waals surface area contributed by atoms with Crippen molar-refractivity contribution in [1.29, 1.82) is 0 Å². The Morgan fingerprint density at radius 2 is 2.05 bits per heavy atom. The number of fused-ring (bicyclic) bond motifs is 1. The molecule has 2 atom stereocenters. The zero-order valence-electron chi connectivity index (χ0n) is 12.2. The van der Waals surface area contributed by atoms with Crippen LogP contribution >= 0.6 is 11.6 Å². The molecule has 0 radical (unpaired) electrons. The monoisotopic (exact) mass is 313 g/mol. The van der Waals surface area contributed by atoms with Crippen molar-refractivity contribution in [2.75, 3.05) is 13.2 Å². The molecular weight excluding hydrogens is 298 g/mol. The molecule has 1 aromatic carbocycles. The van der Waals surface area contributed by atoms with E-state index in [0.29, 0.717) is 17.1 Å². The van der Waals surface area contributed by atoms with Gasteiger partial charge in [0.1, 0.15) is 5.15 Å². The Labute approximate surface area is 133 Å². The van der Waals surface area contributed by atoms with Gasteiger partial charge in [0.05, 0.1) is 25.5 Å². The minimum absolute atomic E-state index is 0.327. The second-order valence-corrected chi connectivity index (χ2v) is 6.25. The molecule has 0 aliphatic carbocycles. The summed E-state index contributed by atoms with van der Waals surface area (Å²) >= 11 is 5.98. The first-order chi connectivity index (χ1) is 10.7. The molecule has 2 unspecified atom stereocenters. The van der Waals surface area contributed by atoms with Gasteiger partial charge in [-0.1, -0.05) is 30.7 Å². The third-order valence-corrected chi connectivity index (χ3v) is 4.50. The lowest BCUT2D eigenvalue weighted by Gasteiger charge is -2.13. The lowest BCUT2D eigenvalue weighted by atomic mass is 10.0. The predicted molar refractivity (Wildman–Crippen MR) is 87.0 cm³/mol. The molecule has 0 spiro atoms. The highest BCUT2D eigenvalue weighted by atomic mass is 35.5. The third-order valence-electron chi connectivity index (χ3n) is 4.29. The van der Waals surface area contributed by atoms with Crippen LogP contribution in [-0.4, -0.2) is 28.0 Å². The van der Waals surface area contributed by atoms with Crippen molar-refractivity contribution in [2.24, 2.45) is 5.92 Å². The molecule has 0 bridgehead atoms. The van der Waals surface area contributed by atoms with Gasteiger partial charge in [-0.05, 0) is 23.1 Å². The van der Waals surface area contributed by atoms with Gasteiger partial charge in [-0.2, -0.15) is 5.10 Å². The molecule has 4 nitrogen and oxygen atoms in total. The Morgan fingerprint density at radius 3 is 2.86 bits per heavy atom. The number of aromatic nitrogens is 3. The van der Waals surface area contributed by atoms with Crippen LogP contribution in [0.2, 0.25) is 5.15 Å². The molecule has 112 valence electrons. The van der Waals surface area contributed by atoms with Crippen LogP contribution in [0.3, 0.4) is 0 Å². The highest BCUT2D eigenvalue weighted by Crippen LogP contribution is 2.29. The summed E-state index contributed by atoms with van der Waals surface area (Å²) in [6.07, 6.45) is 5.80. The molecule has 2 aromatic heterocycles. The molecule has 0 amide bonds. The van der Waals surface area contributed by atoms with E-state index in [0.717, 1.165) is 35.1 Å². The minimum Gasteiger partial charge on any atom is -0.379 e. The topological polar surface area (TPSA) is 39.9 Å². The van der Waals surface area contributed by atoms with E-state index in [1.165, 1.54) is 0 Å². The second kappa shape index (κ2) is 5.38. The van der Waals surface area contributed by atoms with E-state index in [1.54, 1.807) is 6.20 Å². The number of ether oxygens (including phenoxy) is 1. The summed E-state index contributed by atoms with van der Waals surface area (Å²) in [6, 6.07) is 8.49. The number of pyridine rings is 1. The zero-order chi connectivity index (χ0) is 15.1. The highest BCUT2D eigenvalue weighted by molar-refractivity contribution is 6.30. The molecule has 0 saturated carbocycles. The van der Waals surface area contributed by atoms with Gasteiger partial charge in [0.15, 0.2) is 0 Å². The fraction of sp³-hybridized carbons (Fsp3) is 0.294. The average molecular weight is 314 g/mol. The van der Waals surface area contributed by atoms with Crippen LogP contribution < -0.4 is 0 Å². The Bertz CT molecular complexity index is 830. The summed E-state index contributed by atoms with van der Waals surface area (Å²) in [5, 5.41) is 7.20. The van der Waals surface area contributed by atoms with E-state index in [4.69, 9.17) is 16.3 Å². The van der Waals surface area contributed by atoms with E-state index < -0.39 is 0 Å². The molecule has 0 N–H and O–H groups in total. The maximum absolute atomic E-state index is 5.98. The molecule has 22 heavy (non-hydrogen) atoms. The van der Waals surface area contributed by atoms with Crippen molar-refractivity contribution in [2.45, 2.75) is 13.0 Å².